The number of sulfonamides is 1. The van der Waals surface area contributed by atoms with Crippen LogP contribution in [0.2, 0.25) is 0 Å². The molecule has 0 N–H and O–H groups in total. The van der Waals surface area contributed by atoms with E-state index in [1.54, 1.807) is 4.31 Å². The highest BCUT2D eigenvalue weighted by atomic mass is 32.2. The van der Waals surface area contributed by atoms with Crippen LogP contribution in [0.1, 0.15) is 18.5 Å². The summed E-state index contributed by atoms with van der Waals surface area (Å²) in [5.41, 5.74) is 3.94. The smallest absolute Gasteiger partial charge is 0.211 e. The molecule has 7 heteroatoms. The molecular formula is C19H20N4O2S. The summed E-state index contributed by atoms with van der Waals surface area (Å²) in [5.74, 6) is 0. The maximum atomic E-state index is 11.9. The summed E-state index contributed by atoms with van der Waals surface area (Å²) in [7, 11) is -3.14. The summed E-state index contributed by atoms with van der Waals surface area (Å²) >= 11 is 0. The van der Waals surface area contributed by atoms with Gasteiger partial charge in [0.05, 0.1) is 17.5 Å². The van der Waals surface area contributed by atoms with E-state index in [4.69, 9.17) is 5.10 Å². The molecule has 1 atom stereocenters. The summed E-state index contributed by atoms with van der Waals surface area (Å²) in [4.78, 5) is 4.54. The molecule has 2 aromatic heterocycles. The Hall–Kier alpha value is -2.25. The van der Waals surface area contributed by atoms with E-state index in [0.29, 0.717) is 13.1 Å². The zero-order valence-electron chi connectivity index (χ0n) is 14.6. The van der Waals surface area contributed by atoms with Gasteiger partial charge < -0.3 is 0 Å². The van der Waals surface area contributed by atoms with Crippen LogP contribution in [-0.2, 0) is 22.0 Å². The number of benzene rings is 1. The van der Waals surface area contributed by atoms with Gasteiger partial charge in [-0.2, -0.15) is 5.10 Å². The van der Waals surface area contributed by atoms with Gasteiger partial charge in [-0.25, -0.2) is 12.7 Å². The summed E-state index contributed by atoms with van der Waals surface area (Å²) < 4.78 is 27.5. The van der Waals surface area contributed by atoms with E-state index < -0.39 is 10.0 Å². The molecule has 0 radical (unpaired) electrons. The van der Waals surface area contributed by atoms with Crippen LogP contribution in [0.4, 0.5) is 0 Å². The molecule has 1 fully saturated rings. The van der Waals surface area contributed by atoms with E-state index in [1.807, 2.05) is 24.4 Å². The Morgan fingerprint density at radius 2 is 1.92 bits per heavy atom. The van der Waals surface area contributed by atoms with Crippen molar-refractivity contribution in [3.05, 3.63) is 48.3 Å². The van der Waals surface area contributed by atoms with Gasteiger partial charge in [-0.1, -0.05) is 18.2 Å². The molecule has 1 unspecified atom stereocenters. The number of aryl methyl sites for hydroxylation is 1. The fraction of sp³-hybridized carbons (Fsp3) is 0.368. The van der Waals surface area contributed by atoms with Crippen molar-refractivity contribution >= 4 is 20.9 Å². The maximum absolute atomic E-state index is 11.9. The number of para-hydroxylation sites is 1. The molecular weight excluding hydrogens is 348 g/mol. The van der Waals surface area contributed by atoms with Gasteiger partial charge in [0.2, 0.25) is 10.0 Å². The summed E-state index contributed by atoms with van der Waals surface area (Å²) in [6.45, 7) is 2.00. The molecule has 1 saturated heterocycles. The van der Waals surface area contributed by atoms with E-state index in [1.165, 1.54) is 6.26 Å². The predicted octanol–water partition coefficient (Wildman–Crippen LogP) is 2.41. The molecule has 3 aromatic rings. The Morgan fingerprint density at radius 1 is 1.12 bits per heavy atom. The van der Waals surface area contributed by atoms with Crippen molar-refractivity contribution in [1.82, 2.24) is 19.1 Å². The largest absolute Gasteiger partial charge is 0.268 e. The van der Waals surface area contributed by atoms with Gasteiger partial charge in [0, 0.05) is 47.9 Å². The number of pyridine rings is 1. The second-order valence-electron chi connectivity index (χ2n) is 7.43. The first-order valence-corrected chi connectivity index (χ1v) is 10.7. The molecule has 0 bridgehead atoms. The molecule has 0 saturated carbocycles. The summed E-state index contributed by atoms with van der Waals surface area (Å²) in [6.07, 6.45) is 4.98. The number of hydrogen-bond acceptors (Lipinski definition) is 4. The van der Waals surface area contributed by atoms with Crippen molar-refractivity contribution < 1.29 is 8.42 Å². The average molecular weight is 368 g/mol. The highest BCUT2D eigenvalue weighted by Crippen LogP contribution is 2.44. The van der Waals surface area contributed by atoms with Crippen LogP contribution in [0.5, 0.6) is 0 Å². The topological polar surface area (TPSA) is 68.1 Å². The lowest BCUT2D eigenvalue weighted by atomic mass is 9.82. The van der Waals surface area contributed by atoms with Crippen molar-refractivity contribution in [2.45, 2.75) is 24.8 Å². The maximum Gasteiger partial charge on any atom is 0.211 e. The minimum atomic E-state index is -3.14. The van der Waals surface area contributed by atoms with Crippen molar-refractivity contribution in [3.63, 3.8) is 0 Å². The minimum Gasteiger partial charge on any atom is -0.268 e. The molecule has 0 amide bonds. The van der Waals surface area contributed by atoms with E-state index in [-0.39, 0.29) is 5.41 Å². The van der Waals surface area contributed by atoms with Gasteiger partial charge >= 0.3 is 0 Å². The fourth-order valence-electron chi connectivity index (χ4n) is 4.34. The van der Waals surface area contributed by atoms with Gasteiger partial charge in [-0.15, -0.1) is 0 Å². The fourth-order valence-corrected chi connectivity index (χ4v) is 5.25. The Bertz CT molecular complexity index is 1120. The first kappa shape index (κ1) is 16.0. The van der Waals surface area contributed by atoms with Gasteiger partial charge in [-0.3, -0.25) is 9.67 Å². The van der Waals surface area contributed by atoms with E-state index in [0.717, 1.165) is 47.2 Å². The van der Waals surface area contributed by atoms with Crippen molar-refractivity contribution in [2.75, 3.05) is 19.3 Å². The number of fused-ring (bicyclic) bond motifs is 3. The Balaban J connectivity index is 1.53. The molecule has 0 aliphatic carbocycles. The molecule has 134 valence electrons. The van der Waals surface area contributed by atoms with Gasteiger partial charge in [0.1, 0.15) is 0 Å². The van der Waals surface area contributed by atoms with Crippen LogP contribution in [0.15, 0.2) is 42.6 Å². The Morgan fingerprint density at radius 3 is 2.73 bits per heavy atom. The average Bonchev–Trinajstić information content (AvgIpc) is 3.31. The standard InChI is InChI=1S/C19H20N4O2S/c1-26(24,25)22-8-6-19(13-22)7-9-23-18(19)11-17(21-23)15-10-14-4-2-3-5-16(14)20-12-15/h2-5,10-12H,6-9,13H2,1H3. The Labute approximate surface area is 152 Å². The first-order valence-electron chi connectivity index (χ1n) is 8.83. The highest BCUT2D eigenvalue weighted by molar-refractivity contribution is 7.88. The van der Waals surface area contributed by atoms with E-state index >= 15 is 0 Å². The molecule has 26 heavy (non-hydrogen) atoms. The van der Waals surface area contributed by atoms with Crippen LogP contribution in [-0.4, -0.2) is 46.8 Å². The van der Waals surface area contributed by atoms with Gasteiger partial charge in [-0.05, 0) is 31.0 Å². The zero-order chi connectivity index (χ0) is 17.9. The third-order valence-corrected chi connectivity index (χ3v) is 7.05. The summed E-state index contributed by atoms with van der Waals surface area (Å²) in [5, 5.41) is 5.88. The second kappa shape index (κ2) is 5.37. The minimum absolute atomic E-state index is 0.0986. The molecule has 6 nitrogen and oxygen atoms in total. The lowest BCUT2D eigenvalue weighted by Crippen LogP contribution is -2.32. The van der Waals surface area contributed by atoms with Crippen LogP contribution < -0.4 is 0 Å². The Kier molecular flexibility index (Phi) is 3.30. The number of aromatic nitrogens is 3. The number of nitrogens with zero attached hydrogens (tertiary/aromatic N) is 4. The van der Waals surface area contributed by atoms with Crippen LogP contribution in [0, 0.1) is 0 Å². The molecule has 1 aromatic carbocycles. The molecule has 1 spiro atoms. The van der Waals surface area contributed by atoms with Crippen LogP contribution in [0.25, 0.3) is 22.2 Å². The van der Waals surface area contributed by atoms with E-state index in [9.17, 15) is 8.42 Å². The van der Waals surface area contributed by atoms with Gasteiger partial charge in [0.25, 0.3) is 0 Å². The zero-order valence-corrected chi connectivity index (χ0v) is 15.4. The van der Waals surface area contributed by atoms with Crippen molar-refractivity contribution in [2.24, 2.45) is 0 Å². The van der Waals surface area contributed by atoms with Crippen molar-refractivity contribution in [1.29, 1.82) is 0 Å². The molecule has 2 aliphatic heterocycles. The lowest BCUT2D eigenvalue weighted by Gasteiger charge is -2.22. The number of rotatable bonds is 2. The third-order valence-electron chi connectivity index (χ3n) is 5.80. The highest BCUT2D eigenvalue weighted by Gasteiger charge is 2.47. The SMILES string of the molecule is CS(=O)(=O)N1CCC2(CCn3nc(-c4cnc5ccccc5c4)cc32)C1. The summed E-state index contributed by atoms with van der Waals surface area (Å²) in [6, 6.07) is 12.3. The second-order valence-corrected chi connectivity index (χ2v) is 9.41. The lowest BCUT2D eigenvalue weighted by molar-refractivity contribution is 0.418. The van der Waals surface area contributed by atoms with Crippen molar-refractivity contribution in [3.8, 4) is 11.3 Å². The van der Waals surface area contributed by atoms with Crippen LogP contribution in [0.3, 0.4) is 0 Å². The van der Waals surface area contributed by atoms with Gasteiger partial charge in [0.15, 0.2) is 0 Å². The van der Waals surface area contributed by atoms with Crippen LogP contribution >= 0.6 is 0 Å². The normalized spacial score (nSPS) is 23.1. The predicted molar refractivity (Wildman–Crippen MR) is 100 cm³/mol. The molecule has 4 heterocycles. The molecule has 5 rings (SSSR count). The third kappa shape index (κ3) is 2.38. The first-order chi connectivity index (χ1) is 12.4. The number of hydrogen-bond donors (Lipinski definition) is 0. The monoisotopic (exact) mass is 368 g/mol. The quantitative estimate of drug-likeness (QED) is 0.697. The molecule has 2 aliphatic rings. The van der Waals surface area contributed by atoms with E-state index in [2.05, 4.69) is 27.9 Å².